The van der Waals surface area contributed by atoms with Crippen molar-refractivity contribution in [3.63, 3.8) is 0 Å². The number of carbonyl (C=O) groups excluding carboxylic acids is 1. The highest BCUT2D eigenvalue weighted by atomic mass is 79.9. The third-order valence-corrected chi connectivity index (χ3v) is 6.83. The minimum atomic E-state index is -0.203. The van der Waals surface area contributed by atoms with Gasteiger partial charge in [-0.2, -0.15) is 0 Å². The molecule has 3 heteroatoms. The van der Waals surface area contributed by atoms with Crippen molar-refractivity contribution >= 4 is 21.9 Å². The number of fused-ring (bicyclic) bond motifs is 7. The van der Waals surface area contributed by atoms with Crippen LogP contribution in [0, 0.1) is 17.8 Å². The van der Waals surface area contributed by atoms with Crippen molar-refractivity contribution in [3.8, 4) is 0 Å². The van der Waals surface area contributed by atoms with Crippen molar-refractivity contribution in [1.29, 1.82) is 0 Å². The second-order valence-electron chi connectivity index (χ2n) is 7.40. The Labute approximate surface area is 150 Å². The molecular weight excluding hydrogens is 364 g/mol. The van der Waals surface area contributed by atoms with Gasteiger partial charge in [-0.15, -0.1) is 0 Å². The van der Waals surface area contributed by atoms with Gasteiger partial charge in [0.25, 0.3) is 0 Å². The summed E-state index contributed by atoms with van der Waals surface area (Å²) in [5.41, 5.74) is 3.31. The summed E-state index contributed by atoms with van der Waals surface area (Å²) in [7, 11) is 0. The molecule has 0 heterocycles. The molecule has 122 valence electrons. The quantitative estimate of drug-likeness (QED) is 0.641. The van der Waals surface area contributed by atoms with Crippen LogP contribution < -0.4 is 0 Å². The van der Waals surface area contributed by atoms with Crippen molar-refractivity contribution in [1.82, 2.24) is 0 Å². The van der Waals surface area contributed by atoms with Crippen LogP contribution in [0.25, 0.3) is 0 Å². The van der Waals surface area contributed by atoms with Crippen LogP contribution in [0.2, 0.25) is 0 Å². The fourth-order valence-electron chi connectivity index (χ4n) is 5.43. The second kappa shape index (κ2) is 5.45. The molecule has 5 atom stereocenters. The normalized spacial score (nSPS) is 32.5. The lowest BCUT2D eigenvalue weighted by Crippen LogP contribution is -2.23. The van der Waals surface area contributed by atoms with Crippen LogP contribution in [0.15, 0.2) is 53.0 Å². The molecule has 0 aliphatic heterocycles. The second-order valence-corrected chi connectivity index (χ2v) is 8.31. The fourth-order valence-corrected chi connectivity index (χ4v) is 5.69. The number of rotatable bonds is 2. The molecule has 2 fully saturated rings. The fraction of sp³-hybridized carbons (Fsp3) is 0.381. The first-order valence-corrected chi connectivity index (χ1v) is 9.57. The molecule has 0 unspecified atom stereocenters. The van der Waals surface area contributed by atoms with Crippen LogP contribution in [0.3, 0.4) is 0 Å². The zero-order valence-electron chi connectivity index (χ0n) is 13.3. The van der Waals surface area contributed by atoms with E-state index in [1.807, 2.05) is 24.3 Å². The molecule has 0 saturated heterocycles. The van der Waals surface area contributed by atoms with Gasteiger partial charge >= 0.3 is 5.97 Å². The summed E-state index contributed by atoms with van der Waals surface area (Å²) < 4.78 is 7.05. The standard InChI is InChI=1S/C21H19BrO2/c22-15-9-7-12(8-10-15)21(23)24-20-17-4-2-1-3-16(17)18-13-5-6-14(11-13)19(18)20/h1-4,7-10,13-14,18-20H,5-6,11H2/t13-,14+,18-,19-,20+/m1/s1. The van der Waals surface area contributed by atoms with Gasteiger partial charge in [0.05, 0.1) is 5.56 Å². The van der Waals surface area contributed by atoms with Crippen LogP contribution in [-0.4, -0.2) is 5.97 Å². The molecule has 0 aromatic heterocycles. The molecular formula is C21H19BrO2. The average molecular weight is 383 g/mol. The van der Waals surface area contributed by atoms with Crippen molar-refractivity contribution in [2.24, 2.45) is 17.8 Å². The smallest absolute Gasteiger partial charge is 0.338 e. The van der Waals surface area contributed by atoms with Crippen LogP contribution in [-0.2, 0) is 4.74 Å². The van der Waals surface area contributed by atoms with E-state index in [-0.39, 0.29) is 12.1 Å². The van der Waals surface area contributed by atoms with Gasteiger partial charge in [0.2, 0.25) is 0 Å². The van der Waals surface area contributed by atoms with E-state index in [1.54, 1.807) is 0 Å². The maximum Gasteiger partial charge on any atom is 0.338 e. The van der Waals surface area contributed by atoms with Crippen LogP contribution in [0.4, 0.5) is 0 Å². The number of hydrogen-bond donors (Lipinski definition) is 0. The van der Waals surface area contributed by atoms with Crippen LogP contribution in [0.5, 0.6) is 0 Å². The van der Waals surface area contributed by atoms with E-state index < -0.39 is 0 Å². The van der Waals surface area contributed by atoms with Gasteiger partial charge in [0.1, 0.15) is 6.10 Å². The Morgan fingerprint density at radius 2 is 1.67 bits per heavy atom. The molecule has 2 bridgehead atoms. The van der Waals surface area contributed by atoms with E-state index >= 15 is 0 Å². The van der Waals surface area contributed by atoms with Gasteiger partial charge in [0.15, 0.2) is 0 Å². The first-order chi connectivity index (χ1) is 11.7. The predicted octanol–water partition coefficient (Wildman–Crippen LogP) is 5.49. The molecule has 5 rings (SSSR count). The molecule has 3 aliphatic rings. The van der Waals surface area contributed by atoms with Crippen LogP contribution >= 0.6 is 15.9 Å². The van der Waals surface area contributed by atoms with Gasteiger partial charge in [-0.25, -0.2) is 4.79 Å². The largest absolute Gasteiger partial charge is 0.454 e. The summed E-state index contributed by atoms with van der Waals surface area (Å²) >= 11 is 3.41. The maximum atomic E-state index is 12.7. The minimum Gasteiger partial charge on any atom is -0.454 e. The lowest BCUT2D eigenvalue weighted by atomic mass is 9.79. The van der Waals surface area contributed by atoms with Crippen molar-refractivity contribution in [3.05, 3.63) is 69.7 Å². The zero-order chi connectivity index (χ0) is 16.3. The van der Waals surface area contributed by atoms with E-state index in [1.165, 1.54) is 30.4 Å². The third kappa shape index (κ3) is 2.10. The summed E-state index contributed by atoms with van der Waals surface area (Å²) in [6.07, 6.45) is 3.88. The minimum absolute atomic E-state index is 0.0716. The number of hydrogen-bond acceptors (Lipinski definition) is 2. The molecule has 24 heavy (non-hydrogen) atoms. The number of esters is 1. The molecule has 0 N–H and O–H groups in total. The Morgan fingerprint density at radius 3 is 2.46 bits per heavy atom. The van der Waals surface area contributed by atoms with E-state index in [0.29, 0.717) is 17.4 Å². The Balaban J connectivity index is 1.48. The molecule has 2 aromatic carbocycles. The van der Waals surface area contributed by atoms with Gasteiger partial charge in [-0.05, 0) is 72.4 Å². The number of carbonyl (C=O) groups is 1. The Hall–Kier alpha value is -1.61. The van der Waals surface area contributed by atoms with E-state index in [2.05, 4.69) is 40.2 Å². The maximum absolute atomic E-state index is 12.7. The summed E-state index contributed by atoms with van der Waals surface area (Å²) in [5.74, 6) is 2.39. The molecule has 2 saturated carbocycles. The Morgan fingerprint density at radius 1 is 0.958 bits per heavy atom. The lowest BCUT2D eigenvalue weighted by molar-refractivity contribution is 0.00614. The zero-order valence-corrected chi connectivity index (χ0v) is 14.9. The highest BCUT2D eigenvalue weighted by Crippen LogP contribution is 2.65. The summed E-state index contributed by atoms with van der Waals surface area (Å²) in [5, 5.41) is 0. The first kappa shape index (κ1) is 14.7. The topological polar surface area (TPSA) is 26.3 Å². The van der Waals surface area contributed by atoms with Crippen molar-refractivity contribution in [2.45, 2.75) is 31.3 Å². The van der Waals surface area contributed by atoms with Crippen molar-refractivity contribution in [2.75, 3.05) is 0 Å². The van der Waals surface area contributed by atoms with E-state index in [0.717, 1.165) is 16.3 Å². The average Bonchev–Trinajstić information content (AvgIpc) is 3.28. The number of benzene rings is 2. The van der Waals surface area contributed by atoms with Gasteiger partial charge in [0, 0.05) is 10.4 Å². The summed E-state index contributed by atoms with van der Waals surface area (Å²) in [4.78, 5) is 12.7. The highest BCUT2D eigenvalue weighted by Gasteiger charge is 2.57. The van der Waals surface area contributed by atoms with Crippen molar-refractivity contribution < 1.29 is 9.53 Å². The molecule has 0 amide bonds. The number of halogens is 1. The first-order valence-electron chi connectivity index (χ1n) is 8.78. The third-order valence-electron chi connectivity index (χ3n) is 6.31. The molecule has 2 aromatic rings. The molecule has 0 spiro atoms. The summed E-state index contributed by atoms with van der Waals surface area (Å²) in [6, 6.07) is 16.0. The van der Waals surface area contributed by atoms with Gasteiger partial charge in [-0.1, -0.05) is 40.2 Å². The monoisotopic (exact) mass is 382 g/mol. The van der Waals surface area contributed by atoms with E-state index in [9.17, 15) is 4.79 Å². The van der Waals surface area contributed by atoms with E-state index in [4.69, 9.17) is 4.74 Å². The Kier molecular flexibility index (Phi) is 3.34. The highest BCUT2D eigenvalue weighted by molar-refractivity contribution is 9.10. The lowest BCUT2D eigenvalue weighted by Gasteiger charge is -2.29. The SMILES string of the molecule is O=C(O[C@H]1c2ccccc2[C@H]2[C@@H]3CC[C@@H](C3)[C@H]21)c1ccc(Br)cc1. The van der Waals surface area contributed by atoms with Crippen LogP contribution in [0.1, 0.15) is 52.8 Å². The van der Waals surface area contributed by atoms with Gasteiger partial charge < -0.3 is 4.74 Å². The predicted molar refractivity (Wildman–Crippen MR) is 95.8 cm³/mol. The molecule has 3 aliphatic carbocycles. The molecule has 0 radical (unpaired) electrons. The summed E-state index contributed by atoms with van der Waals surface area (Å²) in [6.45, 7) is 0. The Bertz CT molecular complexity index is 798. The van der Waals surface area contributed by atoms with Gasteiger partial charge in [-0.3, -0.25) is 0 Å². The molecule has 2 nitrogen and oxygen atoms in total. The number of ether oxygens (including phenoxy) is 1.